The number of amides is 1. The van der Waals surface area contributed by atoms with Crippen molar-refractivity contribution in [2.45, 2.75) is 20.3 Å². The second-order valence-corrected chi connectivity index (χ2v) is 4.96. The Morgan fingerprint density at radius 1 is 1.32 bits per heavy atom. The molecule has 0 saturated heterocycles. The Bertz CT molecular complexity index is 697. The van der Waals surface area contributed by atoms with E-state index in [2.05, 4.69) is 10.5 Å². The number of methoxy groups -OCH3 is 2. The van der Waals surface area contributed by atoms with Crippen LogP contribution in [0.15, 0.2) is 16.7 Å². The summed E-state index contributed by atoms with van der Waals surface area (Å²) >= 11 is 6.17. The lowest BCUT2D eigenvalue weighted by Gasteiger charge is -2.12. The van der Waals surface area contributed by atoms with Gasteiger partial charge in [-0.2, -0.15) is 0 Å². The number of hydrogen-bond donors (Lipinski definition) is 1. The minimum Gasteiger partial charge on any atom is -0.493 e. The molecule has 0 unspecified atom stereocenters. The summed E-state index contributed by atoms with van der Waals surface area (Å²) in [6.07, 6.45) is 0.597. The number of rotatable bonds is 5. The van der Waals surface area contributed by atoms with Gasteiger partial charge in [-0.3, -0.25) is 4.79 Å². The molecule has 1 aromatic carbocycles. The Labute approximate surface area is 133 Å². The van der Waals surface area contributed by atoms with Crippen molar-refractivity contribution in [3.8, 4) is 11.5 Å². The van der Waals surface area contributed by atoms with Crippen molar-refractivity contribution in [1.82, 2.24) is 5.16 Å². The van der Waals surface area contributed by atoms with E-state index >= 15 is 0 Å². The van der Waals surface area contributed by atoms with Crippen LogP contribution >= 0.6 is 11.6 Å². The smallest absolute Gasteiger partial charge is 0.261 e. The number of carbonyl (C=O) groups is 1. The zero-order valence-electron chi connectivity index (χ0n) is 12.8. The lowest BCUT2D eigenvalue weighted by atomic mass is 10.1. The molecule has 0 fully saturated rings. The summed E-state index contributed by atoms with van der Waals surface area (Å²) in [5, 5.41) is 6.96. The molecule has 1 N–H and O–H groups in total. The normalized spacial score (nSPS) is 10.4. The van der Waals surface area contributed by atoms with Crippen molar-refractivity contribution in [3.63, 3.8) is 0 Å². The van der Waals surface area contributed by atoms with E-state index in [1.54, 1.807) is 19.1 Å². The zero-order chi connectivity index (χ0) is 16.3. The molecule has 0 aliphatic heterocycles. The van der Waals surface area contributed by atoms with E-state index in [-0.39, 0.29) is 5.91 Å². The van der Waals surface area contributed by atoms with Crippen LogP contribution in [0.25, 0.3) is 0 Å². The summed E-state index contributed by atoms with van der Waals surface area (Å²) in [6, 6.07) is 3.19. The lowest BCUT2D eigenvalue weighted by Crippen LogP contribution is -2.14. The number of nitrogens with one attached hydrogen (secondary N) is 1. The molecule has 1 heterocycles. The number of nitrogens with zero attached hydrogens (tertiary/aromatic N) is 1. The molecule has 1 amide bonds. The lowest BCUT2D eigenvalue weighted by molar-refractivity contribution is 0.102. The maximum atomic E-state index is 12.4. The number of anilines is 1. The molecule has 2 rings (SSSR count). The van der Waals surface area contributed by atoms with Crippen molar-refractivity contribution < 1.29 is 18.8 Å². The van der Waals surface area contributed by atoms with Gasteiger partial charge in [-0.05, 0) is 13.3 Å². The second-order valence-electron chi connectivity index (χ2n) is 4.56. The number of hydrogen-bond acceptors (Lipinski definition) is 5. The molecule has 22 heavy (non-hydrogen) atoms. The number of carbonyl (C=O) groups excluding carboxylic acids is 1. The first-order chi connectivity index (χ1) is 10.5. The number of halogens is 1. The highest BCUT2D eigenvalue weighted by Crippen LogP contribution is 2.36. The van der Waals surface area contributed by atoms with Gasteiger partial charge in [-0.15, -0.1) is 0 Å². The van der Waals surface area contributed by atoms with Crippen LogP contribution in [0.5, 0.6) is 11.5 Å². The van der Waals surface area contributed by atoms with Crippen molar-refractivity contribution in [1.29, 1.82) is 0 Å². The third kappa shape index (κ3) is 3.01. The van der Waals surface area contributed by atoms with Gasteiger partial charge in [0.2, 0.25) is 0 Å². The summed E-state index contributed by atoms with van der Waals surface area (Å²) < 4.78 is 15.4. The van der Waals surface area contributed by atoms with E-state index in [1.165, 1.54) is 14.2 Å². The van der Waals surface area contributed by atoms with Crippen LogP contribution in [0.3, 0.4) is 0 Å². The first-order valence-electron chi connectivity index (χ1n) is 6.69. The number of ether oxygens (including phenoxy) is 2. The third-order valence-corrected chi connectivity index (χ3v) is 3.53. The van der Waals surface area contributed by atoms with Gasteiger partial charge in [0.05, 0.1) is 30.6 Å². The van der Waals surface area contributed by atoms with Gasteiger partial charge >= 0.3 is 0 Å². The minimum absolute atomic E-state index is 0.329. The first kappa shape index (κ1) is 16.2. The van der Waals surface area contributed by atoms with Crippen LogP contribution in [-0.4, -0.2) is 25.3 Å². The highest BCUT2D eigenvalue weighted by molar-refractivity contribution is 6.34. The largest absolute Gasteiger partial charge is 0.493 e. The Hall–Kier alpha value is -2.21. The third-order valence-electron chi connectivity index (χ3n) is 3.22. The number of benzene rings is 1. The summed E-state index contributed by atoms with van der Waals surface area (Å²) in [5.41, 5.74) is 1.45. The van der Waals surface area contributed by atoms with E-state index in [0.29, 0.717) is 45.6 Å². The van der Waals surface area contributed by atoms with E-state index in [1.807, 2.05) is 6.92 Å². The minimum atomic E-state index is -0.329. The quantitative estimate of drug-likeness (QED) is 0.911. The summed E-state index contributed by atoms with van der Waals surface area (Å²) in [5.74, 6) is 1.09. The molecule has 0 radical (unpaired) electrons. The van der Waals surface area contributed by atoms with E-state index in [4.69, 9.17) is 25.6 Å². The monoisotopic (exact) mass is 324 g/mol. The van der Waals surface area contributed by atoms with Crippen LogP contribution in [0, 0.1) is 6.92 Å². The van der Waals surface area contributed by atoms with E-state index < -0.39 is 0 Å². The van der Waals surface area contributed by atoms with Gasteiger partial charge in [-0.1, -0.05) is 23.7 Å². The highest BCUT2D eigenvalue weighted by atomic mass is 35.5. The molecule has 118 valence electrons. The molecule has 0 aliphatic rings. The van der Waals surface area contributed by atoms with Crippen molar-refractivity contribution in [2.24, 2.45) is 0 Å². The van der Waals surface area contributed by atoms with Gasteiger partial charge in [0, 0.05) is 12.1 Å². The van der Waals surface area contributed by atoms with E-state index in [9.17, 15) is 4.79 Å². The van der Waals surface area contributed by atoms with Crippen LogP contribution in [0.4, 0.5) is 5.69 Å². The topological polar surface area (TPSA) is 73.6 Å². The first-order valence-corrected chi connectivity index (χ1v) is 7.07. The fraction of sp³-hybridized carbons (Fsp3) is 0.333. The molecule has 1 aromatic heterocycles. The maximum absolute atomic E-state index is 12.4. The summed E-state index contributed by atoms with van der Waals surface area (Å²) in [7, 11) is 3.02. The average molecular weight is 325 g/mol. The predicted molar refractivity (Wildman–Crippen MR) is 83.1 cm³/mol. The molecule has 0 saturated carbocycles. The summed E-state index contributed by atoms with van der Waals surface area (Å²) in [4.78, 5) is 12.4. The second kappa shape index (κ2) is 6.70. The van der Waals surface area contributed by atoms with Gasteiger partial charge < -0.3 is 19.3 Å². The molecule has 0 bridgehead atoms. The van der Waals surface area contributed by atoms with Crippen molar-refractivity contribution in [3.05, 3.63) is 34.2 Å². The Morgan fingerprint density at radius 2 is 1.95 bits per heavy atom. The van der Waals surface area contributed by atoms with E-state index in [0.717, 1.165) is 0 Å². The fourth-order valence-corrected chi connectivity index (χ4v) is 2.29. The molecule has 0 aliphatic carbocycles. The number of aryl methyl sites for hydroxylation is 2. The zero-order valence-corrected chi connectivity index (χ0v) is 13.6. The molecule has 0 spiro atoms. The molecular weight excluding hydrogens is 308 g/mol. The standard InChI is InChI=1S/C15H17ClN2O4/c1-5-10-14(8(2)22-18-10)15(19)17-11-7-13(21-4)12(20-3)6-9(11)16/h6-7H,5H2,1-4H3,(H,17,19). The summed E-state index contributed by atoms with van der Waals surface area (Å²) in [6.45, 7) is 3.59. The Balaban J connectivity index is 2.34. The van der Waals surface area contributed by atoms with Gasteiger partial charge in [0.1, 0.15) is 11.3 Å². The Kier molecular flexibility index (Phi) is 4.92. The van der Waals surface area contributed by atoms with Crippen molar-refractivity contribution in [2.75, 3.05) is 19.5 Å². The molecule has 6 nitrogen and oxygen atoms in total. The van der Waals surface area contributed by atoms with Crippen LogP contribution in [0.1, 0.15) is 28.7 Å². The van der Waals surface area contributed by atoms with Crippen molar-refractivity contribution >= 4 is 23.2 Å². The van der Waals surface area contributed by atoms with Gasteiger partial charge in [0.25, 0.3) is 5.91 Å². The predicted octanol–water partition coefficient (Wildman–Crippen LogP) is 3.47. The van der Waals surface area contributed by atoms with Gasteiger partial charge in [0.15, 0.2) is 11.5 Å². The SMILES string of the molecule is CCc1noc(C)c1C(=O)Nc1cc(OC)c(OC)cc1Cl. The fourth-order valence-electron chi connectivity index (χ4n) is 2.09. The number of aromatic nitrogens is 1. The Morgan fingerprint density at radius 3 is 2.55 bits per heavy atom. The van der Waals surface area contributed by atoms with Crippen LogP contribution < -0.4 is 14.8 Å². The molecule has 7 heteroatoms. The van der Waals surface area contributed by atoms with Crippen LogP contribution in [-0.2, 0) is 6.42 Å². The highest BCUT2D eigenvalue weighted by Gasteiger charge is 2.20. The molecular formula is C15H17ClN2O4. The molecule has 0 atom stereocenters. The maximum Gasteiger partial charge on any atom is 0.261 e. The van der Waals surface area contributed by atoms with Gasteiger partial charge in [-0.25, -0.2) is 0 Å². The molecule has 2 aromatic rings. The average Bonchev–Trinajstić information content (AvgIpc) is 2.89. The van der Waals surface area contributed by atoms with Crippen LogP contribution in [0.2, 0.25) is 5.02 Å².